The quantitative estimate of drug-likeness (QED) is 0.487. The van der Waals surface area contributed by atoms with E-state index in [1.54, 1.807) is 63.2 Å². The van der Waals surface area contributed by atoms with Gasteiger partial charge in [-0.2, -0.15) is 0 Å². The third-order valence-electron chi connectivity index (χ3n) is 5.93. The molecule has 1 saturated heterocycles. The summed E-state index contributed by atoms with van der Waals surface area (Å²) in [5.41, 5.74) is -0.468. The van der Waals surface area contributed by atoms with Gasteiger partial charge in [-0.05, 0) is 51.1 Å². The zero-order valence-electron chi connectivity index (χ0n) is 19.3. The van der Waals surface area contributed by atoms with Crippen LogP contribution in [0.2, 0.25) is 0 Å². The van der Waals surface area contributed by atoms with Gasteiger partial charge in [0, 0.05) is 23.6 Å². The summed E-state index contributed by atoms with van der Waals surface area (Å²) in [6, 6.07) is 13.3. The molecule has 0 spiro atoms. The summed E-state index contributed by atoms with van der Waals surface area (Å²) in [5, 5.41) is 24.1. The van der Waals surface area contributed by atoms with Gasteiger partial charge >= 0.3 is 5.63 Å². The van der Waals surface area contributed by atoms with Crippen molar-refractivity contribution >= 4 is 22.6 Å². The molecule has 1 aliphatic rings. The lowest BCUT2D eigenvalue weighted by molar-refractivity contribution is -0.306. The average Bonchev–Trinajstić information content (AvgIpc) is 2.80. The number of carbonyl (C=O) groups is 1. The second-order valence-electron chi connectivity index (χ2n) is 8.72. The van der Waals surface area contributed by atoms with Crippen LogP contribution in [0.5, 0.6) is 5.75 Å². The van der Waals surface area contributed by atoms with E-state index in [0.717, 1.165) is 0 Å². The number of nitrogens with one attached hydrogen (secondary N) is 1. The monoisotopic (exact) mass is 469 g/mol. The molecule has 180 valence electrons. The molecule has 4 rings (SSSR count). The fourth-order valence-corrected chi connectivity index (χ4v) is 4.13. The maximum atomic E-state index is 12.6. The first-order valence-electron chi connectivity index (χ1n) is 10.8. The first kappa shape index (κ1) is 23.9. The van der Waals surface area contributed by atoms with Crippen LogP contribution in [0.15, 0.2) is 57.7 Å². The van der Waals surface area contributed by atoms with Crippen LogP contribution in [-0.2, 0) is 9.47 Å². The number of amides is 1. The molecule has 0 radical (unpaired) electrons. The molecule has 2 aromatic carbocycles. The number of aliphatic hydroxyl groups excluding tert-OH is 2. The first-order chi connectivity index (χ1) is 16.1. The van der Waals surface area contributed by atoms with Crippen LogP contribution in [0.4, 0.5) is 5.69 Å². The van der Waals surface area contributed by atoms with Crippen LogP contribution in [0.25, 0.3) is 11.0 Å². The van der Waals surface area contributed by atoms with Crippen LogP contribution in [0.1, 0.15) is 29.8 Å². The smallest absolute Gasteiger partial charge is 0.360 e. The van der Waals surface area contributed by atoms with Crippen LogP contribution < -0.4 is 15.7 Å². The van der Waals surface area contributed by atoms with Gasteiger partial charge in [-0.15, -0.1) is 0 Å². The fourth-order valence-electron chi connectivity index (χ4n) is 4.13. The van der Waals surface area contributed by atoms with Crippen molar-refractivity contribution in [3.63, 3.8) is 0 Å². The number of fused-ring (bicyclic) bond motifs is 1. The molecular weight excluding hydrogens is 442 g/mol. The molecule has 34 heavy (non-hydrogen) atoms. The van der Waals surface area contributed by atoms with E-state index >= 15 is 0 Å². The van der Waals surface area contributed by atoms with E-state index < -0.39 is 41.7 Å². The van der Waals surface area contributed by atoms with Gasteiger partial charge in [0.1, 0.15) is 35.3 Å². The average molecular weight is 469 g/mol. The van der Waals surface area contributed by atoms with Crippen molar-refractivity contribution in [2.24, 2.45) is 0 Å². The maximum absolute atomic E-state index is 12.6. The zero-order chi connectivity index (χ0) is 24.6. The Morgan fingerprint density at radius 1 is 1.09 bits per heavy atom. The molecule has 1 amide bonds. The van der Waals surface area contributed by atoms with Crippen molar-refractivity contribution in [2.45, 2.75) is 51.0 Å². The summed E-state index contributed by atoms with van der Waals surface area (Å²) >= 11 is 0. The number of hydrogen-bond acceptors (Lipinski definition) is 8. The van der Waals surface area contributed by atoms with Gasteiger partial charge in [-0.1, -0.05) is 18.2 Å². The predicted octanol–water partition coefficient (Wildman–Crippen LogP) is 2.60. The van der Waals surface area contributed by atoms with Crippen molar-refractivity contribution in [3.8, 4) is 5.75 Å². The number of ether oxygens (including phenoxy) is 3. The highest BCUT2D eigenvalue weighted by atomic mass is 16.7. The summed E-state index contributed by atoms with van der Waals surface area (Å²) in [5.74, 6) is -0.123. The van der Waals surface area contributed by atoms with Gasteiger partial charge in [0.15, 0.2) is 0 Å². The molecule has 3 unspecified atom stereocenters. The third-order valence-corrected chi connectivity index (χ3v) is 5.93. The van der Waals surface area contributed by atoms with Gasteiger partial charge in [0.05, 0.1) is 5.60 Å². The molecule has 1 aliphatic heterocycles. The second-order valence-corrected chi connectivity index (χ2v) is 8.72. The summed E-state index contributed by atoms with van der Waals surface area (Å²) in [4.78, 5) is 25.0. The lowest BCUT2D eigenvalue weighted by atomic mass is 9.89. The van der Waals surface area contributed by atoms with Gasteiger partial charge in [-0.3, -0.25) is 4.79 Å². The van der Waals surface area contributed by atoms with Crippen molar-refractivity contribution in [3.05, 3.63) is 70.1 Å². The Kier molecular flexibility index (Phi) is 6.46. The van der Waals surface area contributed by atoms with E-state index in [0.29, 0.717) is 22.3 Å². The number of benzene rings is 2. The number of anilines is 1. The molecule has 2 heterocycles. The standard InChI is InChI=1S/C25H27NO8/c1-13-17(32-24-19(28)18(27)21(31-4)25(2,3)34-24)11-10-15-12-16(23(30)33-20(13)15)26-22(29)14-8-6-5-7-9-14/h5-12,18-19,21,24,27-28H,1-4H3,(H,26,29)/t18?,19?,21?,24-/m1/s1. The molecule has 1 fully saturated rings. The number of aliphatic hydroxyl groups is 2. The number of carbonyl (C=O) groups excluding carboxylic acids is 1. The fraction of sp³-hybridized carbons (Fsp3) is 0.360. The SMILES string of the molecule is COC1C(O)C(O)[C@H](Oc2ccc3cc(NC(=O)c4ccccc4)c(=O)oc3c2C)OC1(C)C. The molecule has 0 saturated carbocycles. The van der Waals surface area contributed by atoms with E-state index in [4.69, 9.17) is 18.6 Å². The molecule has 1 aromatic heterocycles. The number of aryl methyl sites for hydroxylation is 1. The number of hydrogen-bond donors (Lipinski definition) is 3. The van der Waals surface area contributed by atoms with Crippen molar-refractivity contribution in [2.75, 3.05) is 12.4 Å². The highest BCUT2D eigenvalue weighted by molar-refractivity contribution is 6.04. The molecule has 3 N–H and O–H groups in total. The van der Waals surface area contributed by atoms with E-state index in [9.17, 15) is 19.8 Å². The molecule has 9 heteroatoms. The van der Waals surface area contributed by atoms with E-state index in [1.165, 1.54) is 13.2 Å². The minimum Gasteiger partial charge on any atom is -0.462 e. The Bertz CT molecular complexity index is 1250. The molecule has 4 atom stereocenters. The zero-order valence-corrected chi connectivity index (χ0v) is 19.3. The molecule has 0 aliphatic carbocycles. The minimum absolute atomic E-state index is 0.0101. The summed E-state index contributed by atoms with van der Waals surface area (Å²) in [6.07, 6.45) is -4.52. The van der Waals surface area contributed by atoms with Gasteiger partial charge in [-0.25, -0.2) is 4.79 Å². The van der Waals surface area contributed by atoms with Gasteiger partial charge < -0.3 is 34.2 Å². The lowest BCUT2D eigenvalue weighted by Crippen LogP contribution is -2.63. The molecule has 9 nitrogen and oxygen atoms in total. The van der Waals surface area contributed by atoms with Crippen LogP contribution >= 0.6 is 0 Å². The third kappa shape index (κ3) is 4.43. The topological polar surface area (TPSA) is 127 Å². The number of rotatable bonds is 5. The van der Waals surface area contributed by atoms with Crippen molar-refractivity contribution < 1.29 is 33.6 Å². The minimum atomic E-state index is -1.37. The summed E-state index contributed by atoms with van der Waals surface area (Å²) in [6.45, 7) is 5.14. The molecule has 3 aromatic rings. The van der Waals surface area contributed by atoms with Crippen LogP contribution in [0, 0.1) is 6.92 Å². The van der Waals surface area contributed by atoms with E-state index in [2.05, 4.69) is 5.32 Å². The van der Waals surface area contributed by atoms with E-state index in [1.807, 2.05) is 0 Å². The lowest BCUT2D eigenvalue weighted by Gasteiger charge is -2.46. The number of methoxy groups -OCH3 is 1. The Morgan fingerprint density at radius 2 is 1.79 bits per heavy atom. The van der Waals surface area contributed by atoms with Crippen LogP contribution in [0.3, 0.4) is 0 Å². The largest absolute Gasteiger partial charge is 0.462 e. The Morgan fingerprint density at radius 3 is 2.47 bits per heavy atom. The normalized spacial score (nSPS) is 24.1. The summed E-state index contributed by atoms with van der Waals surface area (Å²) < 4.78 is 22.5. The highest BCUT2D eigenvalue weighted by Gasteiger charge is 2.50. The Labute approximate surface area is 195 Å². The molecular formula is C25H27NO8. The maximum Gasteiger partial charge on any atom is 0.360 e. The molecule has 0 bridgehead atoms. The van der Waals surface area contributed by atoms with Crippen LogP contribution in [-0.4, -0.2) is 53.4 Å². The van der Waals surface area contributed by atoms with Gasteiger partial charge in [0.2, 0.25) is 6.29 Å². The van der Waals surface area contributed by atoms with Crippen molar-refractivity contribution in [1.82, 2.24) is 0 Å². The predicted molar refractivity (Wildman–Crippen MR) is 124 cm³/mol. The Hall–Kier alpha value is -3.24. The Balaban J connectivity index is 1.60. The van der Waals surface area contributed by atoms with Gasteiger partial charge in [0.25, 0.3) is 5.91 Å². The first-order valence-corrected chi connectivity index (χ1v) is 10.8. The summed E-state index contributed by atoms with van der Waals surface area (Å²) in [7, 11) is 1.43. The highest BCUT2D eigenvalue weighted by Crippen LogP contribution is 2.35. The van der Waals surface area contributed by atoms with E-state index in [-0.39, 0.29) is 11.3 Å². The second kappa shape index (κ2) is 9.19. The van der Waals surface area contributed by atoms with Crippen molar-refractivity contribution in [1.29, 1.82) is 0 Å².